The molecule has 0 aliphatic heterocycles. The normalized spacial score (nSPS) is 9.67. The molecule has 0 N–H and O–H groups in total. The largest absolute Gasteiger partial charge is 1.00 e. The predicted octanol–water partition coefficient (Wildman–Crippen LogP) is -3.13. The summed E-state index contributed by atoms with van der Waals surface area (Å²) in [5.74, 6) is -1.94. The monoisotopic (exact) mass is 249 g/mol. The molecule has 2 rings (SSSR count). The molecular formula is C7H4KN3O3S. The van der Waals surface area contributed by atoms with E-state index in [-0.39, 0.29) is 57.3 Å². The first-order valence-corrected chi connectivity index (χ1v) is 4.52. The minimum absolute atomic E-state index is 0. The second kappa shape index (κ2) is 5.28. The van der Waals surface area contributed by atoms with Crippen LogP contribution >= 0.6 is 11.3 Å². The van der Waals surface area contributed by atoms with Crippen molar-refractivity contribution in [3.63, 3.8) is 0 Å². The van der Waals surface area contributed by atoms with E-state index in [2.05, 4.69) is 15.2 Å². The van der Waals surface area contributed by atoms with Crippen LogP contribution in [-0.4, -0.2) is 21.2 Å². The molecule has 0 aromatic carbocycles. The van der Waals surface area contributed by atoms with Crippen LogP contribution < -0.4 is 56.5 Å². The van der Waals surface area contributed by atoms with Gasteiger partial charge in [-0.3, -0.25) is 0 Å². The summed E-state index contributed by atoms with van der Waals surface area (Å²) in [5, 5.41) is 19.7. The van der Waals surface area contributed by atoms with Crippen LogP contribution in [-0.2, 0) is 0 Å². The number of aryl methyl sites for hydroxylation is 1. The quantitative estimate of drug-likeness (QED) is 0.523. The second-order valence-electron chi connectivity index (χ2n) is 2.45. The maximum atomic E-state index is 10.3. The van der Waals surface area contributed by atoms with E-state index in [0.29, 0.717) is 5.69 Å². The van der Waals surface area contributed by atoms with E-state index >= 15 is 0 Å². The number of hydrogen-bond acceptors (Lipinski definition) is 7. The molecule has 15 heavy (non-hydrogen) atoms. The van der Waals surface area contributed by atoms with Crippen molar-refractivity contribution in [1.29, 1.82) is 0 Å². The van der Waals surface area contributed by atoms with E-state index in [9.17, 15) is 9.90 Å². The van der Waals surface area contributed by atoms with Crippen molar-refractivity contribution < 1.29 is 65.7 Å². The standard InChI is InChI=1S/C7H5N3O3S.K/c1-3-8-4(2-14-3)5-9-10-6(13-5)7(11)12;/h2H,1H3,(H,11,12);/q;+1/p-1. The minimum atomic E-state index is -1.49. The Morgan fingerprint density at radius 2 is 2.27 bits per heavy atom. The van der Waals surface area contributed by atoms with Gasteiger partial charge in [-0.1, -0.05) is 0 Å². The molecule has 0 atom stereocenters. The average Bonchev–Trinajstić information content (AvgIpc) is 2.70. The molecule has 0 unspecified atom stereocenters. The van der Waals surface area contributed by atoms with Gasteiger partial charge in [0.05, 0.1) is 5.01 Å². The van der Waals surface area contributed by atoms with Gasteiger partial charge in [-0.15, -0.1) is 21.5 Å². The molecule has 0 amide bonds. The number of carbonyl (C=O) groups excluding carboxylic acids is 1. The molecule has 2 aromatic rings. The molecule has 2 heterocycles. The summed E-state index contributed by atoms with van der Waals surface area (Å²) < 4.78 is 4.80. The SMILES string of the molecule is Cc1nc(-c2nnc(C(=O)[O-])o2)cs1.[K+]. The van der Waals surface area contributed by atoms with Gasteiger partial charge in [0.1, 0.15) is 11.7 Å². The number of carboxylic acids is 1. The topological polar surface area (TPSA) is 91.9 Å². The van der Waals surface area contributed by atoms with Crippen LogP contribution in [0.15, 0.2) is 9.80 Å². The number of carboxylic acid groups (broad SMARTS) is 1. The van der Waals surface area contributed by atoms with E-state index in [1.807, 2.05) is 6.92 Å². The fourth-order valence-electron chi connectivity index (χ4n) is 0.871. The first-order valence-electron chi connectivity index (χ1n) is 3.64. The van der Waals surface area contributed by atoms with Gasteiger partial charge in [-0.25, -0.2) is 4.98 Å². The summed E-state index contributed by atoms with van der Waals surface area (Å²) in [4.78, 5) is 14.4. The number of hydrogen-bond donors (Lipinski definition) is 0. The first-order chi connectivity index (χ1) is 6.66. The van der Waals surface area contributed by atoms with E-state index in [4.69, 9.17) is 4.42 Å². The zero-order valence-corrected chi connectivity index (χ0v) is 12.0. The molecule has 0 bridgehead atoms. The van der Waals surface area contributed by atoms with E-state index in [1.54, 1.807) is 5.38 Å². The molecule has 0 saturated heterocycles. The third kappa shape index (κ3) is 2.92. The molecule has 6 nitrogen and oxygen atoms in total. The zero-order valence-electron chi connectivity index (χ0n) is 8.05. The maximum Gasteiger partial charge on any atom is 1.00 e. The third-order valence-corrected chi connectivity index (χ3v) is 2.21. The summed E-state index contributed by atoms with van der Waals surface area (Å²) >= 11 is 1.41. The van der Waals surface area contributed by atoms with E-state index in [1.165, 1.54) is 11.3 Å². The van der Waals surface area contributed by atoms with Gasteiger partial charge in [0, 0.05) is 5.38 Å². The number of aromatic carboxylic acids is 1. The Hall–Kier alpha value is -0.124. The van der Waals surface area contributed by atoms with Crippen LogP contribution in [0.2, 0.25) is 0 Å². The maximum absolute atomic E-state index is 10.3. The number of aromatic nitrogens is 3. The van der Waals surface area contributed by atoms with Crippen molar-refractivity contribution in [3.8, 4) is 11.6 Å². The summed E-state index contributed by atoms with van der Waals surface area (Å²) in [6.07, 6.45) is 0. The molecule has 72 valence electrons. The molecule has 2 aromatic heterocycles. The van der Waals surface area contributed by atoms with Crippen molar-refractivity contribution in [3.05, 3.63) is 16.3 Å². The zero-order chi connectivity index (χ0) is 10.1. The van der Waals surface area contributed by atoms with Crippen molar-refractivity contribution in [2.45, 2.75) is 6.92 Å². The van der Waals surface area contributed by atoms with Crippen molar-refractivity contribution in [1.82, 2.24) is 15.2 Å². The molecule has 8 heteroatoms. The Morgan fingerprint density at radius 1 is 1.53 bits per heavy atom. The molecular weight excluding hydrogens is 245 g/mol. The number of thiazole rings is 1. The van der Waals surface area contributed by atoms with E-state index < -0.39 is 11.9 Å². The van der Waals surface area contributed by atoms with Crippen LogP contribution in [0.3, 0.4) is 0 Å². The third-order valence-electron chi connectivity index (χ3n) is 1.44. The van der Waals surface area contributed by atoms with Crippen molar-refractivity contribution in [2.75, 3.05) is 0 Å². The summed E-state index contributed by atoms with van der Waals surface area (Å²) in [7, 11) is 0. The first kappa shape index (κ1) is 12.9. The molecule has 0 radical (unpaired) electrons. The predicted molar refractivity (Wildman–Crippen MR) is 44.5 cm³/mol. The fraction of sp³-hybridized carbons (Fsp3) is 0.143. The van der Waals surface area contributed by atoms with E-state index in [0.717, 1.165) is 5.01 Å². The molecule has 0 saturated carbocycles. The number of carbonyl (C=O) groups is 1. The Labute approximate surface area is 131 Å². The summed E-state index contributed by atoms with van der Waals surface area (Å²) in [6.45, 7) is 1.82. The van der Waals surface area contributed by atoms with Gasteiger partial charge in [-0.05, 0) is 6.92 Å². The van der Waals surface area contributed by atoms with Crippen LogP contribution in [0.5, 0.6) is 0 Å². The molecule has 0 fully saturated rings. The van der Waals surface area contributed by atoms with Crippen molar-refractivity contribution >= 4 is 17.3 Å². The van der Waals surface area contributed by atoms with Gasteiger partial charge < -0.3 is 14.3 Å². The van der Waals surface area contributed by atoms with Crippen LogP contribution in [0.25, 0.3) is 11.6 Å². The van der Waals surface area contributed by atoms with Gasteiger partial charge in [-0.2, -0.15) is 0 Å². The smallest absolute Gasteiger partial charge is 0.540 e. The Balaban J connectivity index is 0.00000112. The van der Waals surface area contributed by atoms with Crippen LogP contribution in [0.4, 0.5) is 0 Å². The summed E-state index contributed by atoms with van der Waals surface area (Å²) in [5.41, 5.74) is 0.479. The molecule has 0 spiro atoms. The summed E-state index contributed by atoms with van der Waals surface area (Å²) in [6, 6.07) is 0. The fourth-order valence-corrected chi connectivity index (χ4v) is 1.46. The number of rotatable bonds is 2. The van der Waals surface area contributed by atoms with Gasteiger partial charge >= 0.3 is 51.4 Å². The van der Waals surface area contributed by atoms with Gasteiger partial charge in [0.2, 0.25) is 0 Å². The second-order valence-corrected chi connectivity index (χ2v) is 3.51. The average molecular weight is 249 g/mol. The number of nitrogens with zero attached hydrogens (tertiary/aromatic N) is 3. The van der Waals surface area contributed by atoms with Crippen molar-refractivity contribution in [2.24, 2.45) is 0 Å². The van der Waals surface area contributed by atoms with Crippen LogP contribution in [0.1, 0.15) is 15.7 Å². The molecule has 0 aliphatic rings. The Kier molecular flexibility index (Phi) is 4.56. The van der Waals surface area contributed by atoms with Crippen LogP contribution in [0, 0.1) is 6.92 Å². The molecule has 0 aliphatic carbocycles. The minimum Gasteiger partial charge on any atom is -0.540 e. The Bertz CT molecular complexity index is 481. The van der Waals surface area contributed by atoms with Gasteiger partial charge in [0.25, 0.3) is 11.8 Å². The van der Waals surface area contributed by atoms with Gasteiger partial charge in [0.15, 0.2) is 0 Å². The Morgan fingerprint density at radius 3 is 2.73 bits per heavy atom.